The van der Waals surface area contributed by atoms with Gasteiger partial charge in [-0.2, -0.15) is 4.99 Å². The van der Waals surface area contributed by atoms with Crippen molar-refractivity contribution in [3.8, 4) is 0 Å². The highest BCUT2D eigenvalue weighted by Gasteiger charge is 2.10. The Balaban J connectivity index is 2.76. The number of hydrogen-bond acceptors (Lipinski definition) is 4. The lowest BCUT2D eigenvalue weighted by Crippen LogP contribution is -2.21. The number of nitrogens with one attached hydrogen (secondary N) is 1. The van der Waals surface area contributed by atoms with Crippen LogP contribution in [0.1, 0.15) is 0 Å². The van der Waals surface area contributed by atoms with Crippen LogP contribution in [-0.2, 0) is 0 Å². The topological polar surface area (TPSA) is 44.6 Å². The van der Waals surface area contributed by atoms with Crippen LogP contribution in [0, 0.1) is 6.54 Å². The van der Waals surface area contributed by atoms with Crippen molar-refractivity contribution in [2.75, 3.05) is 6.26 Å². The van der Waals surface area contributed by atoms with Gasteiger partial charge in [0, 0.05) is 0 Å². The van der Waals surface area contributed by atoms with Gasteiger partial charge in [0.25, 0.3) is 0 Å². The molecule has 0 bridgehead atoms. The van der Waals surface area contributed by atoms with Crippen LogP contribution in [0.3, 0.4) is 0 Å². The third-order valence-corrected chi connectivity index (χ3v) is 2.12. The van der Waals surface area contributed by atoms with Gasteiger partial charge in [0.05, 0.1) is 11.0 Å². The number of amidine groups is 1. The Morgan fingerprint density at radius 2 is 2.50 bits per heavy atom. The zero-order valence-corrected chi connectivity index (χ0v) is 7.66. The van der Waals surface area contributed by atoms with E-state index >= 15 is 0 Å². The zero-order chi connectivity index (χ0) is 7.56. The van der Waals surface area contributed by atoms with Gasteiger partial charge in [-0.3, -0.25) is 0 Å². The van der Waals surface area contributed by atoms with Crippen molar-refractivity contribution in [2.24, 2.45) is 4.99 Å². The molecule has 10 heavy (non-hydrogen) atoms. The van der Waals surface area contributed by atoms with Crippen LogP contribution in [0.15, 0.2) is 15.4 Å². The van der Waals surface area contributed by atoms with E-state index in [0.29, 0.717) is 9.65 Å². The van der Waals surface area contributed by atoms with Crippen molar-refractivity contribution < 1.29 is 5.11 Å². The zero-order valence-electron chi connectivity index (χ0n) is 5.26. The molecule has 0 unspecified atom stereocenters. The number of aliphatic imine (C=N–C) groups is 1. The second-order valence-electron chi connectivity index (χ2n) is 1.58. The maximum Gasteiger partial charge on any atom is 0.225 e. The molecule has 0 fully saturated rings. The Kier molecular flexibility index (Phi) is 2.62. The van der Waals surface area contributed by atoms with Crippen molar-refractivity contribution >= 4 is 32.9 Å². The van der Waals surface area contributed by atoms with Gasteiger partial charge in [0.2, 0.25) is 5.88 Å². The number of nitrogens with zero attached hydrogens (tertiary/aromatic N) is 1. The predicted molar refractivity (Wildman–Crippen MR) is 47.0 cm³/mol. The maximum absolute atomic E-state index is 9.04. The summed E-state index contributed by atoms with van der Waals surface area (Å²) in [6.07, 6.45) is 1.88. The summed E-state index contributed by atoms with van der Waals surface area (Å²) in [5, 5.41) is 12.6. The average molecular weight is 222 g/mol. The van der Waals surface area contributed by atoms with Crippen LogP contribution in [0.4, 0.5) is 0 Å². The third-order valence-electron chi connectivity index (χ3n) is 0.937. The summed E-state index contributed by atoms with van der Waals surface area (Å²) in [6.45, 7) is 1.65. The molecule has 0 amide bonds. The monoisotopic (exact) mass is 221 g/mol. The van der Waals surface area contributed by atoms with Crippen LogP contribution in [0.5, 0.6) is 0 Å². The van der Waals surface area contributed by atoms with Gasteiger partial charge in [0.1, 0.15) is 0 Å². The molecule has 0 saturated heterocycles. The lowest BCUT2D eigenvalue weighted by molar-refractivity contribution is 0.403. The molecule has 0 aliphatic carbocycles. The SMILES string of the molecule is CSC1=NC(O)=C(Br)[CH]N1. The predicted octanol–water partition coefficient (Wildman–Crippen LogP) is 1.59. The molecule has 0 aromatic carbocycles. The Bertz CT molecular complexity index is 202. The molecule has 1 aliphatic rings. The van der Waals surface area contributed by atoms with Crippen LogP contribution in [0.25, 0.3) is 0 Å². The van der Waals surface area contributed by atoms with Gasteiger partial charge < -0.3 is 10.4 Å². The Labute approximate surface area is 71.7 Å². The standard InChI is InChI=1S/C5H6BrN2OS/c1-10-5-7-2-3(6)4(9)8-5/h2,9H,1H3,(H,7,8). The molecular formula is C5H6BrN2OS. The maximum atomic E-state index is 9.04. The van der Waals surface area contributed by atoms with E-state index in [9.17, 15) is 0 Å². The summed E-state index contributed by atoms with van der Waals surface area (Å²) in [5.41, 5.74) is 0. The molecule has 1 radical (unpaired) electrons. The quantitative estimate of drug-likeness (QED) is 0.654. The molecule has 1 rings (SSSR count). The largest absolute Gasteiger partial charge is 0.493 e. The van der Waals surface area contributed by atoms with Crippen molar-refractivity contribution in [3.05, 3.63) is 16.9 Å². The van der Waals surface area contributed by atoms with Gasteiger partial charge in [-0.25, -0.2) is 0 Å². The fourth-order valence-electron chi connectivity index (χ4n) is 0.476. The van der Waals surface area contributed by atoms with Crippen molar-refractivity contribution in [1.29, 1.82) is 0 Å². The van der Waals surface area contributed by atoms with E-state index < -0.39 is 0 Å². The molecule has 0 aromatic rings. The third kappa shape index (κ3) is 1.67. The average Bonchev–Trinajstić information content (AvgIpc) is 1.95. The Hall–Kier alpha value is -0.160. The molecule has 0 atom stereocenters. The number of aliphatic hydroxyl groups excluding tert-OH is 1. The fourth-order valence-corrected chi connectivity index (χ4v) is 1.03. The summed E-state index contributed by atoms with van der Waals surface area (Å²) in [5.74, 6) is 0.0168. The Morgan fingerprint density at radius 3 is 3.00 bits per heavy atom. The minimum Gasteiger partial charge on any atom is -0.493 e. The summed E-state index contributed by atoms with van der Waals surface area (Å²) in [7, 11) is 0. The minimum atomic E-state index is 0.0168. The second-order valence-corrected chi connectivity index (χ2v) is 3.23. The first-order valence-electron chi connectivity index (χ1n) is 2.55. The molecule has 3 nitrogen and oxygen atoms in total. The van der Waals surface area contributed by atoms with Gasteiger partial charge in [-0.05, 0) is 22.2 Å². The lowest BCUT2D eigenvalue weighted by atomic mass is 10.5. The Morgan fingerprint density at radius 1 is 1.80 bits per heavy atom. The fraction of sp³-hybridized carbons (Fsp3) is 0.200. The van der Waals surface area contributed by atoms with Gasteiger partial charge >= 0.3 is 0 Å². The van der Waals surface area contributed by atoms with Gasteiger partial charge in [-0.1, -0.05) is 11.8 Å². The molecule has 1 heterocycles. The molecule has 1 aliphatic heterocycles. The number of hydrogen-bond donors (Lipinski definition) is 2. The van der Waals surface area contributed by atoms with Crippen LogP contribution in [-0.4, -0.2) is 16.5 Å². The van der Waals surface area contributed by atoms with Gasteiger partial charge in [0.15, 0.2) is 5.17 Å². The minimum absolute atomic E-state index is 0.0168. The summed E-state index contributed by atoms with van der Waals surface area (Å²) >= 11 is 4.55. The normalized spacial score (nSPS) is 18.4. The molecule has 55 valence electrons. The van der Waals surface area contributed by atoms with Crippen LogP contribution < -0.4 is 5.32 Å². The summed E-state index contributed by atoms with van der Waals surface area (Å²) in [4.78, 5) is 3.81. The van der Waals surface area contributed by atoms with Crippen molar-refractivity contribution in [3.63, 3.8) is 0 Å². The highest BCUT2D eigenvalue weighted by molar-refractivity contribution is 9.11. The van der Waals surface area contributed by atoms with Crippen LogP contribution >= 0.6 is 27.7 Å². The second kappa shape index (κ2) is 3.30. The first-order valence-corrected chi connectivity index (χ1v) is 4.57. The highest BCUT2D eigenvalue weighted by atomic mass is 79.9. The number of thioether (sulfide) groups is 1. The molecule has 0 saturated carbocycles. The number of aliphatic hydroxyl groups is 1. The van der Waals surface area contributed by atoms with Crippen LogP contribution in [0.2, 0.25) is 0 Å². The number of halogens is 1. The van der Waals surface area contributed by atoms with E-state index in [-0.39, 0.29) is 5.88 Å². The van der Waals surface area contributed by atoms with Crippen molar-refractivity contribution in [1.82, 2.24) is 5.32 Å². The molecule has 5 heteroatoms. The van der Waals surface area contributed by atoms with E-state index in [1.54, 1.807) is 6.54 Å². The summed E-state index contributed by atoms with van der Waals surface area (Å²) < 4.78 is 0.574. The first kappa shape index (κ1) is 7.94. The van der Waals surface area contributed by atoms with Crippen molar-refractivity contribution in [2.45, 2.75) is 0 Å². The highest BCUT2D eigenvalue weighted by Crippen LogP contribution is 2.18. The van der Waals surface area contributed by atoms with E-state index in [0.717, 1.165) is 0 Å². The van der Waals surface area contributed by atoms with E-state index in [2.05, 4.69) is 26.2 Å². The molecule has 0 spiro atoms. The molecular weight excluding hydrogens is 216 g/mol. The van der Waals surface area contributed by atoms with Gasteiger partial charge in [-0.15, -0.1) is 0 Å². The lowest BCUT2D eigenvalue weighted by Gasteiger charge is -2.11. The molecule has 2 N–H and O–H groups in total. The molecule has 0 aromatic heterocycles. The van der Waals surface area contributed by atoms with E-state index in [1.165, 1.54) is 11.8 Å². The first-order chi connectivity index (χ1) is 4.74. The van der Waals surface area contributed by atoms with E-state index in [4.69, 9.17) is 5.11 Å². The van der Waals surface area contributed by atoms with E-state index in [1.807, 2.05) is 6.26 Å². The smallest absolute Gasteiger partial charge is 0.225 e. The number of rotatable bonds is 0. The summed E-state index contributed by atoms with van der Waals surface area (Å²) in [6, 6.07) is 0.